The molecule has 0 N–H and O–H groups in total. The Morgan fingerprint density at radius 1 is 0.528 bits per heavy atom. The van der Waals surface area contributed by atoms with Gasteiger partial charge >= 0.3 is 0 Å². The maximum atomic E-state index is 2.45. The molecule has 0 bridgehead atoms. The highest BCUT2D eigenvalue weighted by Gasteiger charge is 1.96. The van der Waals surface area contributed by atoms with Crippen LogP contribution in [0.25, 0.3) is 0 Å². The number of thiophene rings is 1. The fourth-order valence-electron chi connectivity index (χ4n) is 4.20. The van der Waals surface area contributed by atoms with Crippen LogP contribution in [0.5, 0.6) is 0 Å². The molecule has 0 saturated heterocycles. The first kappa shape index (κ1) is 32.2. The van der Waals surface area contributed by atoms with Crippen LogP contribution in [0.15, 0.2) is 86.7 Å². The molecule has 0 spiro atoms. The van der Waals surface area contributed by atoms with Crippen LogP contribution < -0.4 is 0 Å². The summed E-state index contributed by atoms with van der Waals surface area (Å²) in [6.07, 6.45) is 28.7. The first-order valence-corrected chi connectivity index (χ1v) is 15.1. The van der Waals surface area contributed by atoms with Crippen LogP contribution >= 0.6 is 11.3 Å². The summed E-state index contributed by atoms with van der Waals surface area (Å²) in [7, 11) is 0. The van der Waals surface area contributed by atoms with Crippen molar-refractivity contribution >= 4 is 11.3 Å². The Balaban J connectivity index is 2.19. The molecule has 0 fully saturated rings. The van der Waals surface area contributed by atoms with Gasteiger partial charge in [0.05, 0.1) is 0 Å². The summed E-state index contributed by atoms with van der Waals surface area (Å²) < 4.78 is 0. The Labute approximate surface area is 228 Å². The minimum atomic E-state index is 1.16. The van der Waals surface area contributed by atoms with Crippen molar-refractivity contribution in [1.82, 2.24) is 0 Å². The molecule has 0 aliphatic carbocycles. The van der Waals surface area contributed by atoms with Gasteiger partial charge in [0.1, 0.15) is 0 Å². The molecular weight excluding hydrogens is 452 g/mol. The quantitative estimate of drug-likeness (QED) is 0.174. The fourth-order valence-corrected chi connectivity index (χ4v) is 4.91. The zero-order chi connectivity index (χ0) is 26.6. The summed E-state index contributed by atoms with van der Waals surface area (Å²) in [4.78, 5) is 0. The van der Waals surface area contributed by atoms with E-state index in [0.29, 0.717) is 0 Å². The van der Waals surface area contributed by atoms with Gasteiger partial charge in [-0.25, -0.2) is 0 Å². The van der Waals surface area contributed by atoms with Crippen LogP contribution in [0.1, 0.15) is 125 Å². The second-order valence-corrected chi connectivity index (χ2v) is 11.7. The Kier molecular flexibility index (Phi) is 18.1. The van der Waals surface area contributed by atoms with E-state index in [1.165, 1.54) is 110 Å². The van der Waals surface area contributed by atoms with E-state index < -0.39 is 0 Å². The molecule has 0 saturated carbocycles. The van der Waals surface area contributed by atoms with Crippen molar-refractivity contribution in [3.8, 4) is 0 Å². The molecule has 200 valence electrons. The van der Waals surface area contributed by atoms with Gasteiger partial charge in [-0.1, -0.05) is 69.9 Å². The van der Waals surface area contributed by atoms with E-state index in [-0.39, 0.29) is 0 Å². The standard InChI is InChI=1S/C35H54S/c1-29(2)14-8-15-30(3)16-9-17-31(4)18-10-19-32(5)20-11-21-33(6)22-12-23-34(7)24-13-25-35-26-27-36-28-35/h14,16,18,20,22,24,26-28H,8-13,15,17,19,21,23,25H2,1-7H3. The molecule has 1 heterocycles. The van der Waals surface area contributed by atoms with Gasteiger partial charge in [0.25, 0.3) is 0 Å². The monoisotopic (exact) mass is 506 g/mol. The lowest BCUT2D eigenvalue weighted by atomic mass is 10.0. The number of aryl methyl sites for hydroxylation is 1. The molecule has 0 amide bonds. The third-order valence-electron chi connectivity index (χ3n) is 6.72. The molecule has 0 nitrogen and oxygen atoms in total. The molecule has 1 aromatic rings. The third-order valence-corrected chi connectivity index (χ3v) is 7.46. The Bertz CT molecular complexity index is 892. The van der Waals surface area contributed by atoms with Gasteiger partial charge in [-0.15, -0.1) is 0 Å². The van der Waals surface area contributed by atoms with Crippen molar-refractivity contribution in [3.63, 3.8) is 0 Å². The second kappa shape index (κ2) is 20.2. The van der Waals surface area contributed by atoms with Gasteiger partial charge in [0.15, 0.2) is 0 Å². The molecule has 0 atom stereocenters. The maximum absolute atomic E-state index is 2.45. The van der Waals surface area contributed by atoms with Crippen LogP contribution in [-0.4, -0.2) is 0 Å². The first-order valence-electron chi connectivity index (χ1n) is 14.2. The molecule has 0 aliphatic rings. The summed E-state index contributed by atoms with van der Waals surface area (Å²) in [6.45, 7) is 15.8. The first-order chi connectivity index (χ1) is 17.3. The van der Waals surface area contributed by atoms with Gasteiger partial charge in [0, 0.05) is 0 Å². The molecule has 0 aromatic carbocycles. The van der Waals surface area contributed by atoms with Crippen LogP contribution in [-0.2, 0) is 6.42 Å². The van der Waals surface area contributed by atoms with E-state index in [0.717, 1.165) is 6.42 Å². The van der Waals surface area contributed by atoms with Crippen molar-refractivity contribution < 1.29 is 0 Å². The second-order valence-electron chi connectivity index (χ2n) is 10.9. The lowest BCUT2D eigenvalue weighted by Crippen LogP contribution is -1.84. The molecule has 0 unspecified atom stereocenters. The summed E-state index contributed by atoms with van der Waals surface area (Å²) >= 11 is 1.80. The summed E-state index contributed by atoms with van der Waals surface area (Å²) in [6, 6.07) is 2.24. The largest absolute Gasteiger partial charge is 0.152 e. The maximum Gasteiger partial charge on any atom is -0.00611 e. The average Bonchev–Trinajstić information content (AvgIpc) is 3.32. The van der Waals surface area contributed by atoms with Gasteiger partial charge in [-0.05, 0) is 148 Å². The van der Waals surface area contributed by atoms with E-state index in [1.54, 1.807) is 11.3 Å². The average molecular weight is 507 g/mol. The zero-order valence-electron chi connectivity index (χ0n) is 24.6. The van der Waals surface area contributed by atoms with E-state index in [4.69, 9.17) is 0 Å². The summed E-state index contributed by atoms with van der Waals surface area (Å²) in [5.74, 6) is 0. The predicted octanol–water partition coefficient (Wildman–Crippen LogP) is 12.3. The summed E-state index contributed by atoms with van der Waals surface area (Å²) in [5.41, 5.74) is 10.5. The van der Waals surface area contributed by atoms with E-state index >= 15 is 0 Å². The molecule has 0 aliphatic heterocycles. The zero-order valence-corrected chi connectivity index (χ0v) is 25.4. The number of rotatable bonds is 18. The van der Waals surface area contributed by atoms with Crippen LogP contribution in [0.2, 0.25) is 0 Å². The van der Waals surface area contributed by atoms with Gasteiger partial charge in [0.2, 0.25) is 0 Å². The van der Waals surface area contributed by atoms with E-state index in [1.807, 2.05) is 0 Å². The van der Waals surface area contributed by atoms with Crippen molar-refractivity contribution in [1.29, 1.82) is 0 Å². The Hall–Kier alpha value is -1.86. The van der Waals surface area contributed by atoms with Crippen molar-refractivity contribution in [2.75, 3.05) is 0 Å². The smallest absolute Gasteiger partial charge is 0.00611 e. The third kappa shape index (κ3) is 18.4. The SMILES string of the molecule is CC(C)=CCCC(C)=CCCC(C)=CCCC(C)=CCCC(C)=CCCC(C)=CCCc1ccsc1. The highest BCUT2D eigenvalue weighted by molar-refractivity contribution is 7.07. The topological polar surface area (TPSA) is 0 Å². The highest BCUT2D eigenvalue weighted by Crippen LogP contribution is 2.16. The molecule has 1 aromatic heterocycles. The minimum absolute atomic E-state index is 1.16. The fraction of sp³-hybridized carbons (Fsp3) is 0.543. The molecule has 1 heteroatoms. The molecule has 0 radical (unpaired) electrons. The van der Waals surface area contributed by atoms with E-state index in [9.17, 15) is 0 Å². The number of hydrogen-bond donors (Lipinski definition) is 0. The molecular formula is C35H54S. The number of allylic oxidation sites excluding steroid dienone is 12. The lowest BCUT2D eigenvalue weighted by Gasteiger charge is -2.04. The number of hydrogen-bond acceptors (Lipinski definition) is 1. The van der Waals surface area contributed by atoms with Gasteiger partial charge in [-0.3, -0.25) is 0 Å². The Morgan fingerprint density at radius 2 is 0.889 bits per heavy atom. The van der Waals surface area contributed by atoms with Crippen LogP contribution in [0, 0.1) is 0 Å². The normalized spacial score (nSPS) is 13.9. The van der Waals surface area contributed by atoms with Gasteiger partial charge in [-0.2, -0.15) is 11.3 Å². The van der Waals surface area contributed by atoms with E-state index in [2.05, 4.69) is 102 Å². The van der Waals surface area contributed by atoms with Crippen molar-refractivity contribution in [3.05, 3.63) is 92.3 Å². The molecule has 1 rings (SSSR count). The predicted molar refractivity (Wildman–Crippen MR) is 167 cm³/mol. The van der Waals surface area contributed by atoms with Crippen molar-refractivity contribution in [2.24, 2.45) is 0 Å². The van der Waals surface area contributed by atoms with Crippen molar-refractivity contribution in [2.45, 2.75) is 126 Å². The van der Waals surface area contributed by atoms with Crippen LogP contribution in [0.3, 0.4) is 0 Å². The van der Waals surface area contributed by atoms with Crippen LogP contribution in [0.4, 0.5) is 0 Å². The lowest BCUT2D eigenvalue weighted by molar-refractivity contribution is 0.884. The van der Waals surface area contributed by atoms with Gasteiger partial charge < -0.3 is 0 Å². The highest BCUT2D eigenvalue weighted by atomic mass is 32.1. The Morgan fingerprint density at radius 3 is 1.22 bits per heavy atom. The minimum Gasteiger partial charge on any atom is -0.152 e. The molecule has 36 heavy (non-hydrogen) atoms. The summed E-state index contributed by atoms with van der Waals surface area (Å²) in [5, 5.41) is 4.43.